The Labute approximate surface area is 120 Å². The third kappa shape index (κ3) is 3.21. The Morgan fingerprint density at radius 3 is 2.70 bits per heavy atom. The van der Waals surface area contributed by atoms with Crippen molar-refractivity contribution in [2.75, 3.05) is 0 Å². The number of nitrogens with two attached hydrogens (primary N) is 1. The molecule has 1 saturated carbocycles. The van der Waals surface area contributed by atoms with Crippen molar-refractivity contribution in [1.29, 1.82) is 0 Å². The lowest BCUT2D eigenvalue weighted by Gasteiger charge is -2.26. The monoisotopic (exact) mass is 272 g/mol. The zero-order valence-corrected chi connectivity index (χ0v) is 12.0. The summed E-state index contributed by atoms with van der Waals surface area (Å²) in [6.07, 6.45) is 8.25. The summed E-state index contributed by atoms with van der Waals surface area (Å²) in [6.45, 7) is 0. The standard InChI is InChI=1S/C17H24N2O/c18-15-6-8-16(9-7-15)19-17(20)11-12-4-5-13-2-1-3-14(13)10-12/h4-5,10,15-16H,1-3,6-9,11,18H2,(H,19,20). The largest absolute Gasteiger partial charge is 0.353 e. The molecule has 2 aliphatic rings. The molecule has 0 unspecified atom stereocenters. The number of amides is 1. The fourth-order valence-corrected chi connectivity index (χ4v) is 3.46. The Bertz CT molecular complexity index is 490. The van der Waals surface area contributed by atoms with Crippen molar-refractivity contribution in [3.05, 3.63) is 34.9 Å². The second-order valence-corrected chi connectivity index (χ2v) is 6.31. The second kappa shape index (κ2) is 5.96. The number of carbonyl (C=O) groups excluding carboxylic acids is 1. The number of rotatable bonds is 3. The molecule has 0 aromatic heterocycles. The van der Waals surface area contributed by atoms with Crippen LogP contribution in [0.3, 0.4) is 0 Å². The van der Waals surface area contributed by atoms with Crippen LogP contribution in [0.4, 0.5) is 0 Å². The first-order chi connectivity index (χ1) is 9.70. The summed E-state index contributed by atoms with van der Waals surface area (Å²) in [6, 6.07) is 7.20. The smallest absolute Gasteiger partial charge is 0.224 e. The minimum absolute atomic E-state index is 0.156. The molecule has 20 heavy (non-hydrogen) atoms. The van der Waals surface area contributed by atoms with Crippen molar-refractivity contribution in [2.24, 2.45) is 5.73 Å². The predicted octanol–water partition coefficient (Wildman–Crippen LogP) is 2.10. The first-order valence-corrected chi connectivity index (χ1v) is 7.86. The van der Waals surface area contributed by atoms with Crippen molar-refractivity contribution in [3.8, 4) is 0 Å². The second-order valence-electron chi connectivity index (χ2n) is 6.31. The zero-order chi connectivity index (χ0) is 13.9. The van der Waals surface area contributed by atoms with E-state index in [1.54, 1.807) is 0 Å². The number of hydrogen-bond donors (Lipinski definition) is 2. The maximum atomic E-state index is 12.1. The third-order valence-corrected chi connectivity index (χ3v) is 4.66. The van der Waals surface area contributed by atoms with Gasteiger partial charge < -0.3 is 11.1 Å². The number of aryl methyl sites for hydroxylation is 2. The average Bonchev–Trinajstić information content (AvgIpc) is 2.89. The average molecular weight is 272 g/mol. The van der Waals surface area contributed by atoms with Crippen LogP contribution in [0.5, 0.6) is 0 Å². The first kappa shape index (κ1) is 13.6. The molecule has 0 atom stereocenters. The molecule has 3 heteroatoms. The molecular formula is C17H24N2O. The van der Waals surface area contributed by atoms with Gasteiger partial charge in [-0.2, -0.15) is 0 Å². The third-order valence-electron chi connectivity index (χ3n) is 4.66. The number of benzene rings is 1. The molecule has 3 N–H and O–H groups in total. The van der Waals surface area contributed by atoms with E-state index in [1.807, 2.05) is 0 Å². The molecule has 1 aromatic carbocycles. The summed E-state index contributed by atoms with van der Waals surface area (Å²) in [7, 11) is 0. The molecule has 1 amide bonds. The Kier molecular flexibility index (Phi) is 4.06. The van der Waals surface area contributed by atoms with E-state index in [2.05, 4.69) is 23.5 Å². The summed E-state index contributed by atoms with van der Waals surface area (Å²) in [4.78, 5) is 12.1. The summed E-state index contributed by atoms with van der Waals surface area (Å²) in [5.41, 5.74) is 9.95. The molecule has 108 valence electrons. The van der Waals surface area contributed by atoms with Crippen LogP contribution >= 0.6 is 0 Å². The highest BCUT2D eigenvalue weighted by atomic mass is 16.1. The topological polar surface area (TPSA) is 55.1 Å². The lowest BCUT2D eigenvalue weighted by atomic mass is 9.91. The number of carbonyl (C=O) groups is 1. The van der Waals surface area contributed by atoms with Crippen molar-refractivity contribution >= 4 is 5.91 Å². The molecule has 3 rings (SSSR count). The molecule has 2 aliphatic carbocycles. The van der Waals surface area contributed by atoms with Gasteiger partial charge in [0.1, 0.15) is 0 Å². The van der Waals surface area contributed by atoms with Gasteiger partial charge in [0.2, 0.25) is 5.91 Å². The van der Waals surface area contributed by atoms with Gasteiger partial charge in [-0.3, -0.25) is 4.79 Å². The molecule has 0 bridgehead atoms. The number of nitrogens with one attached hydrogen (secondary N) is 1. The zero-order valence-electron chi connectivity index (χ0n) is 12.0. The molecule has 0 aliphatic heterocycles. The maximum absolute atomic E-state index is 12.1. The normalized spacial score (nSPS) is 25.2. The van der Waals surface area contributed by atoms with Crippen molar-refractivity contribution < 1.29 is 4.79 Å². The van der Waals surface area contributed by atoms with Gasteiger partial charge in [-0.15, -0.1) is 0 Å². The van der Waals surface area contributed by atoms with E-state index in [0.29, 0.717) is 18.5 Å². The lowest BCUT2D eigenvalue weighted by Crippen LogP contribution is -2.41. The van der Waals surface area contributed by atoms with Crippen LogP contribution in [0.25, 0.3) is 0 Å². The van der Waals surface area contributed by atoms with E-state index in [-0.39, 0.29) is 5.91 Å². The van der Waals surface area contributed by atoms with Crippen molar-refractivity contribution in [2.45, 2.75) is 63.5 Å². The van der Waals surface area contributed by atoms with Crippen LogP contribution < -0.4 is 11.1 Å². The van der Waals surface area contributed by atoms with Crippen LogP contribution in [0.15, 0.2) is 18.2 Å². The molecular weight excluding hydrogens is 248 g/mol. The van der Waals surface area contributed by atoms with Gasteiger partial charge in [0, 0.05) is 12.1 Å². The summed E-state index contributed by atoms with van der Waals surface area (Å²) in [5, 5.41) is 3.16. The molecule has 0 radical (unpaired) electrons. The molecule has 0 saturated heterocycles. The quantitative estimate of drug-likeness (QED) is 0.885. The number of fused-ring (bicyclic) bond motifs is 1. The van der Waals surface area contributed by atoms with Crippen molar-refractivity contribution in [3.63, 3.8) is 0 Å². The van der Waals surface area contributed by atoms with E-state index in [4.69, 9.17) is 5.73 Å². The highest BCUT2D eigenvalue weighted by Crippen LogP contribution is 2.23. The Morgan fingerprint density at radius 2 is 1.90 bits per heavy atom. The Hall–Kier alpha value is -1.35. The van der Waals surface area contributed by atoms with Crippen molar-refractivity contribution in [1.82, 2.24) is 5.32 Å². The Morgan fingerprint density at radius 1 is 1.15 bits per heavy atom. The first-order valence-electron chi connectivity index (χ1n) is 7.86. The fraction of sp³-hybridized carbons (Fsp3) is 0.588. The van der Waals surface area contributed by atoms with Gasteiger partial charge in [-0.1, -0.05) is 18.2 Å². The van der Waals surface area contributed by atoms with Gasteiger partial charge in [0.25, 0.3) is 0 Å². The van der Waals surface area contributed by atoms with Gasteiger partial charge in [0.15, 0.2) is 0 Å². The van der Waals surface area contributed by atoms with E-state index in [9.17, 15) is 4.79 Å². The van der Waals surface area contributed by atoms with E-state index < -0.39 is 0 Å². The highest BCUT2D eigenvalue weighted by Gasteiger charge is 2.20. The van der Waals surface area contributed by atoms with E-state index in [1.165, 1.54) is 30.4 Å². The lowest BCUT2D eigenvalue weighted by molar-refractivity contribution is -0.121. The van der Waals surface area contributed by atoms with Crippen LogP contribution in [-0.4, -0.2) is 18.0 Å². The Balaban J connectivity index is 1.54. The van der Waals surface area contributed by atoms with Gasteiger partial charge >= 0.3 is 0 Å². The fourth-order valence-electron chi connectivity index (χ4n) is 3.46. The minimum Gasteiger partial charge on any atom is -0.353 e. The predicted molar refractivity (Wildman–Crippen MR) is 80.5 cm³/mol. The van der Waals surface area contributed by atoms with Gasteiger partial charge in [0.05, 0.1) is 6.42 Å². The van der Waals surface area contributed by atoms with Crippen LogP contribution in [0, 0.1) is 0 Å². The summed E-state index contributed by atoms with van der Waals surface area (Å²) in [5.74, 6) is 0.156. The molecule has 0 spiro atoms. The molecule has 1 fully saturated rings. The molecule has 3 nitrogen and oxygen atoms in total. The van der Waals surface area contributed by atoms with Gasteiger partial charge in [-0.25, -0.2) is 0 Å². The SMILES string of the molecule is NC1CCC(NC(=O)Cc2ccc3c(c2)CCC3)CC1. The molecule has 0 heterocycles. The van der Waals surface area contributed by atoms with E-state index >= 15 is 0 Å². The van der Waals surface area contributed by atoms with Gasteiger partial charge in [-0.05, 0) is 61.6 Å². The minimum atomic E-state index is 0.156. The molecule has 1 aromatic rings. The van der Waals surface area contributed by atoms with E-state index in [0.717, 1.165) is 31.2 Å². The highest BCUT2D eigenvalue weighted by molar-refractivity contribution is 5.79. The number of hydrogen-bond acceptors (Lipinski definition) is 2. The maximum Gasteiger partial charge on any atom is 0.224 e. The van der Waals surface area contributed by atoms with Crippen LogP contribution in [0.1, 0.15) is 48.8 Å². The van der Waals surface area contributed by atoms with Crippen LogP contribution in [0.2, 0.25) is 0 Å². The summed E-state index contributed by atoms with van der Waals surface area (Å²) >= 11 is 0. The summed E-state index contributed by atoms with van der Waals surface area (Å²) < 4.78 is 0. The van der Waals surface area contributed by atoms with Crippen LogP contribution in [-0.2, 0) is 24.1 Å².